The van der Waals surface area contributed by atoms with E-state index >= 15 is 0 Å². The standard InChI is InChI=1S/C17H11F3N2O3/c18-17(19,20)13-8-6-12(7-9-13)16(23)24-10-14-21-15(22-25-14)11-4-2-1-3-5-11/h1-9H,10H2. The average Bonchev–Trinajstić information content (AvgIpc) is 3.09. The van der Waals surface area contributed by atoms with Crippen molar-refractivity contribution in [3.8, 4) is 11.4 Å². The van der Waals surface area contributed by atoms with Crippen LogP contribution in [0.25, 0.3) is 11.4 Å². The summed E-state index contributed by atoms with van der Waals surface area (Å²) in [6.07, 6.45) is -4.46. The normalized spacial score (nSPS) is 11.3. The Balaban J connectivity index is 1.62. The van der Waals surface area contributed by atoms with Crippen molar-refractivity contribution < 1.29 is 27.2 Å². The van der Waals surface area contributed by atoms with Crippen molar-refractivity contribution in [3.63, 3.8) is 0 Å². The number of hydrogen-bond donors (Lipinski definition) is 0. The third-order valence-electron chi connectivity index (χ3n) is 3.27. The summed E-state index contributed by atoms with van der Waals surface area (Å²) in [4.78, 5) is 16.0. The van der Waals surface area contributed by atoms with Crippen molar-refractivity contribution >= 4 is 5.97 Å². The largest absolute Gasteiger partial charge is 0.452 e. The second-order valence-electron chi connectivity index (χ2n) is 5.03. The van der Waals surface area contributed by atoms with E-state index in [0.29, 0.717) is 5.82 Å². The van der Waals surface area contributed by atoms with E-state index in [1.807, 2.05) is 18.2 Å². The lowest BCUT2D eigenvalue weighted by atomic mass is 10.1. The zero-order valence-electron chi connectivity index (χ0n) is 12.7. The summed E-state index contributed by atoms with van der Waals surface area (Å²) in [6, 6.07) is 12.8. The van der Waals surface area contributed by atoms with E-state index in [4.69, 9.17) is 9.26 Å². The van der Waals surface area contributed by atoms with E-state index in [2.05, 4.69) is 10.1 Å². The SMILES string of the molecule is O=C(OCc1nc(-c2ccccc2)no1)c1ccc(C(F)(F)F)cc1. The molecule has 0 atom stereocenters. The lowest BCUT2D eigenvalue weighted by Gasteiger charge is -2.07. The molecule has 3 rings (SSSR count). The molecule has 1 heterocycles. The molecule has 0 fully saturated rings. The van der Waals surface area contributed by atoms with Crippen molar-refractivity contribution in [3.05, 3.63) is 71.6 Å². The van der Waals surface area contributed by atoms with E-state index in [0.717, 1.165) is 29.8 Å². The number of esters is 1. The molecule has 0 aliphatic heterocycles. The molecule has 0 amide bonds. The first-order valence-electron chi connectivity index (χ1n) is 7.16. The van der Waals surface area contributed by atoms with Crippen LogP contribution in [0.15, 0.2) is 59.1 Å². The molecule has 5 nitrogen and oxygen atoms in total. The molecule has 128 valence electrons. The maximum absolute atomic E-state index is 12.5. The minimum atomic E-state index is -4.46. The van der Waals surface area contributed by atoms with Gasteiger partial charge in [-0.05, 0) is 24.3 Å². The number of carbonyl (C=O) groups excluding carboxylic acids is 1. The molecule has 0 saturated heterocycles. The van der Waals surface area contributed by atoms with Crippen LogP contribution in [-0.2, 0) is 17.5 Å². The van der Waals surface area contributed by atoms with Gasteiger partial charge in [0, 0.05) is 5.56 Å². The lowest BCUT2D eigenvalue weighted by molar-refractivity contribution is -0.137. The van der Waals surface area contributed by atoms with Gasteiger partial charge < -0.3 is 9.26 Å². The first kappa shape index (κ1) is 16.7. The highest BCUT2D eigenvalue weighted by molar-refractivity contribution is 5.89. The fourth-order valence-corrected chi connectivity index (χ4v) is 2.02. The Bertz CT molecular complexity index is 859. The monoisotopic (exact) mass is 348 g/mol. The van der Waals surface area contributed by atoms with Gasteiger partial charge in [0.25, 0.3) is 5.89 Å². The number of carbonyl (C=O) groups is 1. The molecule has 0 radical (unpaired) electrons. The van der Waals surface area contributed by atoms with Crippen LogP contribution in [0, 0.1) is 0 Å². The molecule has 0 saturated carbocycles. The summed E-state index contributed by atoms with van der Waals surface area (Å²) < 4.78 is 47.4. The number of nitrogens with zero attached hydrogens (tertiary/aromatic N) is 2. The minimum Gasteiger partial charge on any atom is -0.452 e. The highest BCUT2D eigenvalue weighted by atomic mass is 19.4. The molecular weight excluding hydrogens is 337 g/mol. The fraction of sp³-hybridized carbons (Fsp3) is 0.118. The number of benzene rings is 2. The smallest absolute Gasteiger partial charge is 0.416 e. The quantitative estimate of drug-likeness (QED) is 0.664. The number of rotatable bonds is 4. The zero-order chi connectivity index (χ0) is 17.9. The fourth-order valence-electron chi connectivity index (χ4n) is 2.02. The van der Waals surface area contributed by atoms with Gasteiger partial charge in [-0.2, -0.15) is 18.2 Å². The number of halogens is 3. The molecule has 0 unspecified atom stereocenters. The summed E-state index contributed by atoms with van der Waals surface area (Å²) in [7, 11) is 0. The Morgan fingerprint density at radius 3 is 2.36 bits per heavy atom. The maximum Gasteiger partial charge on any atom is 0.416 e. The van der Waals surface area contributed by atoms with Gasteiger partial charge in [-0.15, -0.1) is 0 Å². The second kappa shape index (κ2) is 6.76. The van der Waals surface area contributed by atoms with E-state index in [-0.39, 0.29) is 18.1 Å². The van der Waals surface area contributed by atoms with Crippen LogP contribution >= 0.6 is 0 Å². The van der Waals surface area contributed by atoms with Gasteiger partial charge in [0.2, 0.25) is 5.82 Å². The molecule has 8 heteroatoms. The third-order valence-corrected chi connectivity index (χ3v) is 3.27. The number of alkyl halides is 3. The summed E-state index contributed by atoms with van der Waals surface area (Å²) >= 11 is 0. The summed E-state index contributed by atoms with van der Waals surface area (Å²) in [5.74, 6) is -0.353. The average molecular weight is 348 g/mol. The van der Waals surface area contributed by atoms with E-state index in [1.165, 1.54) is 0 Å². The first-order chi connectivity index (χ1) is 11.9. The van der Waals surface area contributed by atoms with Crippen LogP contribution in [0.3, 0.4) is 0 Å². The topological polar surface area (TPSA) is 65.2 Å². The van der Waals surface area contributed by atoms with Gasteiger partial charge in [-0.1, -0.05) is 35.5 Å². The Morgan fingerprint density at radius 1 is 1.04 bits per heavy atom. The van der Waals surface area contributed by atoms with Crippen molar-refractivity contribution in [2.75, 3.05) is 0 Å². The van der Waals surface area contributed by atoms with Gasteiger partial charge in [-0.3, -0.25) is 0 Å². The van der Waals surface area contributed by atoms with Crippen LogP contribution in [0.2, 0.25) is 0 Å². The molecule has 0 spiro atoms. The van der Waals surface area contributed by atoms with Crippen molar-refractivity contribution in [2.45, 2.75) is 12.8 Å². The molecule has 3 aromatic rings. The van der Waals surface area contributed by atoms with E-state index in [1.54, 1.807) is 12.1 Å². The van der Waals surface area contributed by atoms with Crippen LogP contribution < -0.4 is 0 Å². The Hall–Kier alpha value is -3.16. The third kappa shape index (κ3) is 4.03. The summed E-state index contributed by atoms with van der Waals surface area (Å²) in [5.41, 5.74) is -0.101. The van der Waals surface area contributed by atoms with Crippen molar-refractivity contribution in [1.82, 2.24) is 10.1 Å². The summed E-state index contributed by atoms with van der Waals surface area (Å²) in [5, 5.41) is 3.77. The predicted octanol–water partition coefficient (Wildman–Crippen LogP) is 4.11. The lowest BCUT2D eigenvalue weighted by Crippen LogP contribution is -2.08. The minimum absolute atomic E-state index is 0.00389. The van der Waals surface area contributed by atoms with Gasteiger partial charge in [0.05, 0.1) is 11.1 Å². The highest BCUT2D eigenvalue weighted by Crippen LogP contribution is 2.29. The molecule has 0 bridgehead atoms. The first-order valence-corrected chi connectivity index (χ1v) is 7.16. The Kier molecular flexibility index (Phi) is 4.51. The van der Waals surface area contributed by atoms with Crippen molar-refractivity contribution in [1.29, 1.82) is 0 Å². The van der Waals surface area contributed by atoms with E-state index < -0.39 is 17.7 Å². The molecule has 1 aromatic heterocycles. The molecule has 2 aromatic carbocycles. The van der Waals surface area contributed by atoms with Gasteiger partial charge in [-0.25, -0.2) is 4.79 Å². The van der Waals surface area contributed by atoms with Gasteiger partial charge in [0.1, 0.15) is 0 Å². The Labute approximate surface area is 140 Å². The van der Waals surface area contributed by atoms with Crippen LogP contribution in [0.4, 0.5) is 13.2 Å². The molecule has 0 aliphatic rings. The van der Waals surface area contributed by atoms with Crippen molar-refractivity contribution in [2.24, 2.45) is 0 Å². The number of hydrogen-bond acceptors (Lipinski definition) is 5. The van der Waals surface area contributed by atoms with Gasteiger partial charge >= 0.3 is 12.1 Å². The predicted molar refractivity (Wildman–Crippen MR) is 80.3 cm³/mol. The number of aromatic nitrogens is 2. The molecular formula is C17H11F3N2O3. The second-order valence-corrected chi connectivity index (χ2v) is 5.03. The van der Waals surface area contributed by atoms with Gasteiger partial charge in [0.15, 0.2) is 6.61 Å². The zero-order valence-corrected chi connectivity index (χ0v) is 12.7. The highest BCUT2D eigenvalue weighted by Gasteiger charge is 2.30. The molecule has 0 aliphatic carbocycles. The maximum atomic E-state index is 12.5. The Morgan fingerprint density at radius 2 is 1.72 bits per heavy atom. The van der Waals surface area contributed by atoms with Crippen LogP contribution in [0.5, 0.6) is 0 Å². The molecule has 25 heavy (non-hydrogen) atoms. The summed E-state index contributed by atoms with van der Waals surface area (Å²) in [6.45, 7) is -0.278. The van der Waals surface area contributed by atoms with Crippen LogP contribution in [-0.4, -0.2) is 16.1 Å². The van der Waals surface area contributed by atoms with Crippen LogP contribution in [0.1, 0.15) is 21.8 Å². The molecule has 0 N–H and O–H groups in total. The number of ether oxygens (including phenoxy) is 1. The van der Waals surface area contributed by atoms with E-state index in [9.17, 15) is 18.0 Å².